The van der Waals surface area contributed by atoms with E-state index in [1.165, 1.54) is 17.7 Å². The molecule has 0 bridgehead atoms. The summed E-state index contributed by atoms with van der Waals surface area (Å²) in [5.41, 5.74) is 7.67. The van der Waals surface area contributed by atoms with Gasteiger partial charge in [0.05, 0.1) is 12.5 Å². The third-order valence-corrected chi connectivity index (χ3v) is 17.6. The fraction of sp³-hybridized carbons (Fsp3) is 0.729. The molecule has 6 aliphatic rings. The van der Waals surface area contributed by atoms with Crippen LogP contribution < -0.4 is 16.4 Å². The van der Waals surface area contributed by atoms with Crippen LogP contribution in [0.25, 0.3) is 0 Å². The Kier molecular flexibility index (Phi) is 12.1. The third-order valence-electron chi connectivity index (χ3n) is 17.4. The Balaban J connectivity index is 1.05. The van der Waals surface area contributed by atoms with E-state index in [0.717, 1.165) is 56.9 Å². The van der Waals surface area contributed by atoms with Gasteiger partial charge in [-0.3, -0.25) is 24.0 Å². The molecule has 0 saturated heterocycles. The highest BCUT2D eigenvalue weighted by atomic mass is 35.5. The molecule has 324 valence electrons. The maximum Gasteiger partial charge on any atom is 0.306 e. The second-order valence-electron chi connectivity index (χ2n) is 20.9. The highest BCUT2D eigenvalue weighted by Gasteiger charge is 2.63. The number of benzene rings is 1. The molecule has 1 aromatic rings. The zero-order chi connectivity index (χ0) is 42.8. The Morgan fingerprint density at radius 1 is 0.983 bits per heavy atom. The van der Waals surface area contributed by atoms with Crippen molar-refractivity contribution < 1.29 is 33.5 Å². The van der Waals surface area contributed by atoms with Crippen molar-refractivity contribution in [3.63, 3.8) is 0 Å². The number of carbonyl (C=O) groups is 5. The van der Waals surface area contributed by atoms with Crippen LogP contribution in [-0.2, 0) is 19.2 Å². The van der Waals surface area contributed by atoms with Crippen LogP contribution in [0.3, 0.4) is 0 Å². The van der Waals surface area contributed by atoms with Crippen molar-refractivity contribution in [2.24, 2.45) is 81.2 Å². The molecule has 1 aromatic carbocycles. The number of carboxylic acids is 1. The number of alkyl halides is 1. The van der Waals surface area contributed by atoms with E-state index in [-0.39, 0.29) is 76.9 Å². The van der Waals surface area contributed by atoms with Crippen molar-refractivity contribution in [1.29, 1.82) is 0 Å². The minimum atomic E-state index is -2.26. The Morgan fingerprint density at radius 3 is 2.34 bits per heavy atom. The second-order valence-corrected chi connectivity index (χ2v) is 21.4. The first kappa shape index (κ1) is 44.0. The molecule has 0 heterocycles. The Hall–Kier alpha value is -3.11. The number of nitrogens with one attached hydrogen (secondary N) is 2. The van der Waals surface area contributed by atoms with Gasteiger partial charge in [0.2, 0.25) is 11.7 Å². The van der Waals surface area contributed by atoms with Gasteiger partial charge < -0.3 is 21.5 Å². The molecule has 0 radical (unpaired) electrons. The third kappa shape index (κ3) is 7.85. The van der Waals surface area contributed by atoms with Gasteiger partial charge in [-0.1, -0.05) is 58.7 Å². The Morgan fingerprint density at radius 2 is 1.69 bits per heavy atom. The van der Waals surface area contributed by atoms with Crippen LogP contribution in [0.4, 0.5) is 4.39 Å². The molecule has 0 aliphatic heterocycles. The van der Waals surface area contributed by atoms with Crippen LogP contribution in [0.1, 0.15) is 135 Å². The number of allylic oxidation sites excluding steroid dienone is 2. The first-order valence-electron chi connectivity index (χ1n) is 22.5. The van der Waals surface area contributed by atoms with E-state index in [1.54, 1.807) is 12.1 Å². The summed E-state index contributed by atoms with van der Waals surface area (Å²) in [4.78, 5) is 66.0. The molecular formula is C48H67ClFN3O6. The van der Waals surface area contributed by atoms with Gasteiger partial charge in [0.1, 0.15) is 5.78 Å². The number of carbonyl (C=O) groups excluding carboxylic acids is 4. The lowest BCUT2D eigenvalue weighted by Crippen LogP contribution is -2.58. The van der Waals surface area contributed by atoms with Crippen LogP contribution in [0.2, 0.25) is 5.02 Å². The number of rotatable bonds is 13. The summed E-state index contributed by atoms with van der Waals surface area (Å²) in [7, 11) is 0. The van der Waals surface area contributed by atoms with E-state index in [9.17, 15) is 29.1 Å². The molecule has 2 amide bonds. The molecule has 5 saturated carbocycles. The molecule has 6 aliphatic carbocycles. The number of amides is 2. The number of aliphatic carboxylic acids is 1. The summed E-state index contributed by atoms with van der Waals surface area (Å²) in [6.07, 6.45) is 9.38. The number of nitrogens with two attached hydrogens (primary N) is 1. The van der Waals surface area contributed by atoms with E-state index in [0.29, 0.717) is 53.9 Å². The summed E-state index contributed by atoms with van der Waals surface area (Å²) >= 11 is 5.97. The standard InChI is InChI=1S/C48H67ClFN3O6/c1-26(2)41-38(55)23-47(24-40(56)52-25-48(50,19-20-51)53-43(57)28-7-9-30(49)10-8-28)18-16-31-32-12-14-39-45(4,5)29(21-37(54)34-22-35(27(34)3)44(58)59)15-17-46(39,6)36(32)13-11-33(31)42(41)47/h7-10,26-27,29,31-36,39H,11-25,51H2,1-6H3,(H,52,56)(H,53,57)(H,58,59). The molecule has 11 heteroatoms. The predicted octanol–water partition coefficient (Wildman–Crippen LogP) is 8.72. The SMILES string of the molecule is CC(C)C1=C2C3CCC4C(CCC5C(C)(C)C(CC(=O)C6CC(C(=O)O)C6C)CCC45C)C3CCC2(CC(=O)NCC(F)(CCN)NC(=O)c2ccc(Cl)cc2)CC1=O. The van der Waals surface area contributed by atoms with Crippen LogP contribution in [-0.4, -0.2) is 53.3 Å². The molecular weight excluding hydrogens is 769 g/mol. The number of carboxylic acid groups (broad SMARTS) is 1. The summed E-state index contributed by atoms with van der Waals surface area (Å²) in [6.45, 7) is 12.9. The van der Waals surface area contributed by atoms with Gasteiger partial charge in [-0.15, -0.1) is 0 Å². The first-order valence-corrected chi connectivity index (χ1v) is 22.9. The maximum absolute atomic E-state index is 16.2. The molecule has 12 atom stereocenters. The van der Waals surface area contributed by atoms with Crippen LogP contribution in [0, 0.1) is 75.4 Å². The fourth-order valence-corrected chi connectivity index (χ4v) is 14.5. The van der Waals surface area contributed by atoms with Crippen molar-refractivity contribution in [2.75, 3.05) is 13.1 Å². The smallest absolute Gasteiger partial charge is 0.306 e. The Bertz CT molecular complexity index is 1880. The topological polar surface area (TPSA) is 156 Å². The van der Waals surface area contributed by atoms with Gasteiger partial charge in [0, 0.05) is 47.6 Å². The zero-order valence-corrected chi connectivity index (χ0v) is 36.8. The molecule has 59 heavy (non-hydrogen) atoms. The lowest BCUT2D eigenvalue weighted by molar-refractivity contribution is -0.163. The van der Waals surface area contributed by atoms with E-state index in [4.69, 9.17) is 17.3 Å². The quantitative estimate of drug-likeness (QED) is 0.145. The number of fused-ring (bicyclic) bond motifs is 7. The molecule has 12 unspecified atom stereocenters. The second kappa shape index (κ2) is 16.3. The summed E-state index contributed by atoms with van der Waals surface area (Å²) in [5.74, 6) is -1.65. The summed E-state index contributed by atoms with van der Waals surface area (Å²) in [5, 5.41) is 15.2. The predicted molar refractivity (Wildman–Crippen MR) is 226 cm³/mol. The monoisotopic (exact) mass is 835 g/mol. The molecule has 5 fully saturated rings. The molecule has 0 aromatic heterocycles. The molecule has 0 spiro atoms. The van der Waals surface area contributed by atoms with E-state index in [1.807, 2.05) is 6.92 Å². The minimum Gasteiger partial charge on any atom is -0.481 e. The highest BCUT2D eigenvalue weighted by molar-refractivity contribution is 6.30. The lowest BCUT2D eigenvalue weighted by atomic mass is 9.39. The van der Waals surface area contributed by atoms with Crippen LogP contribution in [0.15, 0.2) is 35.4 Å². The summed E-state index contributed by atoms with van der Waals surface area (Å²) in [6, 6.07) is 6.14. The van der Waals surface area contributed by atoms with E-state index < -0.39 is 35.5 Å². The average molecular weight is 837 g/mol. The van der Waals surface area contributed by atoms with Crippen molar-refractivity contribution in [1.82, 2.24) is 10.6 Å². The largest absolute Gasteiger partial charge is 0.481 e. The average Bonchev–Trinajstić information content (AvgIpc) is 3.46. The van der Waals surface area contributed by atoms with Gasteiger partial charge >= 0.3 is 5.97 Å². The lowest BCUT2D eigenvalue weighted by Gasteiger charge is -2.65. The summed E-state index contributed by atoms with van der Waals surface area (Å²) < 4.78 is 16.2. The fourth-order valence-electron chi connectivity index (χ4n) is 14.3. The number of hydrogen-bond donors (Lipinski definition) is 4. The van der Waals surface area contributed by atoms with Gasteiger partial charge in [0.25, 0.3) is 5.91 Å². The minimum absolute atomic E-state index is 0.00996. The van der Waals surface area contributed by atoms with Gasteiger partial charge in [0.15, 0.2) is 5.78 Å². The zero-order valence-electron chi connectivity index (χ0n) is 36.0. The van der Waals surface area contributed by atoms with Gasteiger partial charge in [-0.25, -0.2) is 4.39 Å². The van der Waals surface area contributed by atoms with Crippen LogP contribution in [0.5, 0.6) is 0 Å². The number of hydrogen-bond acceptors (Lipinski definition) is 6. The van der Waals surface area contributed by atoms with Crippen LogP contribution >= 0.6 is 11.6 Å². The molecule has 5 N–H and O–H groups in total. The molecule has 9 nitrogen and oxygen atoms in total. The van der Waals surface area contributed by atoms with Gasteiger partial charge in [-0.05, 0) is 152 Å². The molecule has 7 rings (SSSR count). The van der Waals surface area contributed by atoms with Crippen molar-refractivity contribution in [3.05, 3.63) is 46.0 Å². The van der Waals surface area contributed by atoms with E-state index in [2.05, 4.69) is 45.3 Å². The van der Waals surface area contributed by atoms with Crippen molar-refractivity contribution in [2.45, 2.75) is 131 Å². The highest BCUT2D eigenvalue weighted by Crippen LogP contribution is 2.70. The van der Waals surface area contributed by atoms with Crippen molar-refractivity contribution in [3.8, 4) is 0 Å². The van der Waals surface area contributed by atoms with E-state index >= 15 is 4.39 Å². The number of ketones is 2. The normalized spacial score (nSPS) is 36.9. The first-order chi connectivity index (χ1) is 27.7. The number of halogens is 2. The number of Topliss-reactive ketones (excluding diaryl/α,β-unsaturated/α-hetero) is 2. The van der Waals surface area contributed by atoms with Crippen molar-refractivity contribution >= 4 is 41.0 Å². The Labute approximate surface area is 355 Å². The van der Waals surface area contributed by atoms with Gasteiger partial charge in [-0.2, -0.15) is 0 Å². The maximum atomic E-state index is 16.2.